The molecule has 1 fully saturated rings. The summed E-state index contributed by atoms with van der Waals surface area (Å²) in [4.78, 5) is 22.9. The number of aliphatic carboxylic acids is 1. The van der Waals surface area contributed by atoms with E-state index < -0.39 is 11.9 Å². The Morgan fingerprint density at radius 3 is 2.81 bits per heavy atom. The van der Waals surface area contributed by atoms with Crippen LogP contribution in [0.2, 0.25) is 5.02 Å². The van der Waals surface area contributed by atoms with Crippen molar-refractivity contribution in [2.75, 3.05) is 12.4 Å². The van der Waals surface area contributed by atoms with Gasteiger partial charge < -0.3 is 15.2 Å². The van der Waals surface area contributed by atoms with Gasteiger partial charge in [-0.2, -0.15) is 0 Å². The molecule has 21 heavy (non-hydrogen) atoms. The highest BCUT2D eigenvalue weighted by atomic mass is 35.5. The maximum Gasteiger partial charge on any atom is 0.339 e. The Hall–Kier alpha value is -1.75. The van der Waals surface area contributed by atoms with Crippen LogP contribution in [0.15, 0.2) is 18.2 Å². The number of ether oxygens (including phenoxy) is 1. The van der Waals surface area contributed by atoms with Gasteiger partial charge in [0.15, 0.2) is 0 Å². The zero-order valence-electron chi connectivity index (χ0n) is 11.8. The van der Waals surface area contributed by atoms with E-state index in [2.05, 4.69) is 5.32 Å². The van der Waals surface area contributed by atoms with Crippen LogP contribution in [-0.4, -0.2) is 30.2 Å². The van der Waals surface area contributed by atoms with Crippen molar-refractivity contribution in [2.24, 2.45) is 5.92 Å². The predicted octanol–water partition coefficient (Wildman–Crippen LogP) is 3.18. The van der Waals surface area contributed by atoms with Gasteiger partial charge >= 0.3 is 11.9 Å². The molecule has 2 rings (SSSR count). The van der Waals surface area contributed by atoms with E-state index in [1.165, 1.54) is 7.11 Å². The van der Waals surface area contributed by atoms with Gasteiger partial charge in [-0.05, 0) is 37.5 Å². The number of carbonyl (C=O) groups excluding carboxylic acids is 1. The van der Waals surface area contributed by atoms with Crippen LogP contribution in [0.25, 0.3) is 0 Å². The van der Waals surface area contributed by atoms with Crippen LogP contribution >= 0.6 is 11.6 Å². The maximum absolute atomic E-state index is 11.8. The van der Waals surface area contributed by atoms with Gasteiger partial charge in [0.2, 0.25) is 0 Å². The molecule has 2 atom stereocenters. The summed E-state index contributed by atoms with van der Waals surface area (Å²) in [5.74, 6) is -1.54. The molecule has 1 aromatic carbocycles. The number of carboxylic acids is 1. The number of rotatable bonds is 4. The quantitative estimate of drug-likeness (QED) is 0.835. The normalized spacial score (nSPS) is 21.6. The third-order valence-corrected chi connectivity index (χ3v) is 4.01. The fourth-order valence-corrected chi connectivity index (χ4v) is 2.86. The summed E-state index contributed by atoms with van der Waals surface area (Å²) < 4.78 is 4.75. The van der Waals surface area contributed by atoms with Crippen molar-refractivity contribution in [2.45, 2.75) is 31.7 Å². The molecule has 0 aliphatic heterocycles. The molecule has 0 amide bonds. The summed E-state index contributed by atoms with van der Waals surface area (Å²) in [6, 6.07) is 4.91. The van der Waals surface area contributed by atoms with E-state index in [-0.39, 0.29) is 12.0 Å². The topological polar surface area (TPSA) is 75.6 Å². The number of nitrogens with one attached hydrogen (secondary N) is 1. The minimum atomic E-state index is -0.763. The largest absolute Gasteiger partial charge is 0.481 e. The molecule has 114 valence electrons. The molecule has 0 bridgehead atoms. The van der Waals surface area contributed by atoms with Crippen LogP contribution in [0.4, 0.5) is 5.69 Å². The van der Waals surface area contributed by atoms with E-state index in [1.54, 1.807) is 18.2 Å². The summed E-state index contributed by atoms with van der Waals surface area (Å²) >= 11 is 5.98. The lowest BCUT2D eigenvalue weighted by atomic mass is 9.85. The monoisotopic (exact) mass is 311 g/mol. The molecule has 2 unspecified atom stereocenters. The maximum atomic E-state index is 11.8. The van der Waals surface area contributed by atoms with Crippen LogP contribution in [0.3, 0.4) is 0 Å². The predicted molar refractivity (Wildman–Crippen MR) is 79.8 cm³/mol. The van der Waals surface area contributed by atoms with Crippen molar-refractivity contribution in [1.82, 2.24) is 0 Å². The lowest BCUT2D eigenvalue weighted by Crippen LogP contribution is -2.31. The first-order chi connectivity index (χ1) is 10.0. The number of anilines is 1. The Balaban J connectivity index is 2.16. The zero-order chi connectivity index (χ0) is 15.4. The number of halogens is 1. The van der Waals surface area contributed by atoms with Crippen molar-refractivity contribution >= 4 is 29.2 Å². The van der Waals surface area contributed by atoms with Gasteiger partial charge in [-0.15, -0.1) is 0 Å². The molecule has 5 nitrogen and oxygen atoms in total. The molecule has 1 aromatic rings. The number of esters is 1. The van der Waals surface area contributed by atoms with Gasteiger partial charge in [0.05, 0.1) is 24.3 Å². The Morgan fingerprint density at radius 1 is 1.38 bits per heavy atom. The summed E-state index contributed by atoms with van der Waals surface area (Å²) in [6.45, 7) is 0. The highest BCUT2D eigenvalue weighted by Gasteiger charge is 2.27. The van der Waals surface area contributed by atoms with Crippen LogP contribution < -0.4 is 5.32 Å². The smallest absolute Gasteiger partial charge is 0.339 e. The minimum absolute atomic E-state index is 0.0155. The number of hydrogen-bond donors (Lipinski definition) is 2. The highest BCUT2D eigenvalue weighted by molar-refractivity contribution is 6.31. The van der Waals surface area contributed by atoms with Gasteiger partial charge in [-0.3, -0.25) is 4.79 Å². The van der Waals surface area contributed by atoms with Crippen molar-refractivity contribution in [3.63, 3.8) is 0 Å². The molecular weight excluding hydrogens is 294 g/mol. The second kappa shape index (κ2) is 6.80. The van der Waals surface area contributed by atoms with E-state index in [9.17, 15) is 9.59 Å². The highest BCUT2D eigenvalue weighted by Crippen LogP contribution is 2.29. The lowest BCUT2D eigenvalue weighted by Gasteiger charge is -2.28. The van der Waals surface area contributed by atoms with E-state index in [1.807, 2.05) is 0 Å². The Kier molecular flexibility index (Phi) is 5.07. The molecule has 0 radical (unpaired) electrons. The van der Waals surface area contributed by atoms with Crippen molar-refractivity contribution < 1.29 is 19.4 Å². The van der Waals surface area contributed by atoms with Gasteiger partial charge in [-0.25, -0.2) is 4.79 Å². The Bertz CT molecular complexity index is 546. The minimum Gasteiger partial charge on any atom is -0.481 e. The van der Waals surface area contributed by atoms with Gasteiger partial charge in [0.1, 0.15) is 0 Å². The standard InChI is InChI=1S/C15H18ClNO4/c1-21-15(20)12-6-5-10(16)8-13(12)17-11-4-2-3-9(7-11)14(18)19/h5-6,8-9,11,17H,2-4,7H2,1H3,(H,18,19). The summed E-state index contributed by atoms with van der Waals surface area (Å²) in [5, 5.41) is 12.9. The summed E-state index contributed by atoms with van der Waals surface area (Å²) in [7, 11) is 1.32. The number of benzene rings is 1. The molecule has 1 saturated carbocycles. The molecule has 0 heterocycles. The van der Waals surface area contributed by atoms with E-state index >= 15 is 0 Å². The van der Waals surface area contributed by atoms with Gasteiger partial charge in [0, 0.05) is 11.1 Å². The second-order valence-electron chi connectivity index (χ2n) is 5.22. The Labute approximate surface area is 128 Å². The molecule has 0 saturated heterocycles. The zero-order valence-corrected chi connectivity index (χ0v) is 12.5. The summed E-state index contributed by atoms with van der Waals surface area (Å²) in [6.07, 6.45) is 2.97. The van der Waals surface area contributed by atoms with E-state index in [4.69, 9.17) is 21.4 Å². The number of carbonyl (C=O) groups is 2. The van der Waals surface area contributed by atoms with Crippen LogP contribution in [0.1, 0.15) is 36.0 Å². The number of methoxy groups -OCH3 is 1. The SMILES string of the molecule is COC(=O)c1ccc(Cl)cc1NC1CCCC(C(=O)O)C1. The van der Waals surface area contributed by atoms with Crippen LogP contribution in [0.5, 0.6) is 0 Å². The first-order valence-corrected chi connectivity index (χ1v) is 7.26. The fourth-order valence-electron chi connectivity index (χ4n) is 2.69. The first-order valence-electron chi connectivity index (χ1n) is 6.88. The average Bonchev–Trinajstić information content (AvgIpc) is 2.47. The third kappa shape index (κ3) is 3.88. The number of carboxylic acid groups (broad SMARTS) is 1. The average molecular weight is 312 g/mol. The second-order valence-corrected chi connectivity index (χ2v) is 5.66. The van der Waals surface area contributed by atoms with Crippen LogP contribution in [-0.2, 0) is 9.53 Å². The van der Waals surface area contributed by atoms with Crippen LogP contribution in [0, 0.1) is 5.92 Å². The van der Waals surface area contributed by atoms with Gasteiger partial charge in [-0.1, -0.05) is 18.0 Å². The molecular formula is C15H18ClNO4. The van der Waals surface area contributed by atoms with E-state index in [0.717, 1.165) is 12.8 Å². The first kappa shape index (κ1) is 15.6. The summed E-state index contributed by atoms with van der Waals surface area (Å²) in [5.41, 5.74) is 0.990. The van der Waals surface area contributed by atoms with Crippen molar-refractivity contribution in [3.8, 4) is 0 Å². The molecule has 6 heteroatoms. The molecule has 0 aromatic heterocycles. The fraction of sp³-hybridized carbons (Fsp3) is 0.467. The van der Waals surface area contributed by atoms with E-state index in [0.29, 0.717) is 29.1 Å². The molecule has 2 N–H and O–H groups in total. The lowest BCUT2D eigenvalue weighted by molar-refractivity contribution is -0.142. The molecule has 1 aliphatic rings. The van der Waals surface area contributed by atoms with Crippen molar-refractivity contribution in [1.29, 1.82) is 0 Å². The number of hydrogen-bond acceptors (Lipinski definition) is 4. The molecule has 1 aliphatic carbocycles. The molecule has 0 spiro atoms. The van der Waals surface area contributed by atoms with Gasteiger partial charge in [0.25, 0.3) is 0 Å². The van der Waals surface area contributed by atoms with Crippen molar-refractivity contribution in [3.05, 3.63) is 28.8 Å². The Morgan fingerprint density at radius 2 is 2.14 bits per heavy atom. The third-order valence-electron chi connectivity index (χ3n) is 3.77.